The number of rotatable bonds is 8. The van der Waals surface area contributed by atoms with Gasteiger partial charge in [0.1, 0.15) is 0 Å². The molecule has 0 saturated heterocycles. The van der Waals surface area contributed by atoms with E-state index >= 15 is 0 Å². The Hall–Kier alpha value is -3.49. The van der Waals surface area contributed by atoms with Gasteiger partial charge in [0.25, 0.3) is 10.0 Å². The molecule has 2 N–H and O–H groups in total. The van der Waals surface area contributed by atoms with E-state index in [1.54, 1.807) is 68.6 Å². The highest BCUT2D eigenvalue weighted by molar-refractivity contribution is 7.92. The molecule has 33 heavy (non-hydrogen) atoms. The molecule has 7 nitrogen and oxygen atoms in total. The first kappa shape index (κ1) is 24.2. The number of carbonyl (C=O) groups is 1. The number of methoxy groups -OCH3 is 2. The Labute approximate surface area is 198 Å². The molecule has 3 rings (SSSR count). The van der Waals surface area contributed by atoms with Gasteiger partial charge in [-0.25, -0.2) is 8.42 Å². The molecule has 0 aliphatic carbocycles. The van der Waals surface area contributed by atoms with Crippen molar-refractivity contribution >= 4 is 45.0 Å². The Morgan fingerprint density at radius 3 is 2.30 bits per heavy atom. The SMILES string of the molecule is COc1ccc(C=CC(=O)Nc2cc(S(=O)(=O)Nc3ccc(Cl)cc3)ccc2C)cc1OC. The van der Waals surface area contributed by atoms with Crippen LogP contribution in [-0.4, -0.2) is 28.5 Å². The number of ether oxygens (including phenoxy) is 2. The summed E-state index contributed by atoms with van der Waals surface area (Å²) < 4.78 is 38.5. The van der Waals surface area contributed by atoms with Crippen molar-refractivity contribution in [1.82, 2.24) is 0 Å². The average Bonchev–Trinajstić information content (AvgIpc) is 2.80. The molecular formula is C24H23ClN2O5S. The Morgan fingerprint density at radius 2 is 1.64 bits per heavy atom. The van der Waals surface area contributed by atoms with E-state index < -0.39 is 15.9 Å². The van der Waals surface area contributed by atoms with Crippen LogP contribution in [0.1, 0.15) is 11.1 Å². The zero-order valence-electron chi connectivity index (χ0n) is 18.3. The maximum atomic E-state index is 12.8. The average molecular weight is 487 g/mol. The van der Waals surface area contributed by atoms with Gasteiger partial charge in [0.05, 0.1) is 19.1 Å². The summed E-state index contributed by atoms with van der Waals surface area (Å²) >= 11 is 5.85. The summed E-state index contributed by atoms with van der Waals surface area (Å²) in [6, 6.07) is 16.1. The predicted octanol–water partition coefficient (Wildman–Crippen LogP) is 5.12. The van der Waals surface area contributed by atoms with Crippen LogP contribution in [0.4, 0.5) is 11.4 Å². The number of halogens is 1. The molecule has 0 aromatic heterocycles. The number of anilines is 2. The van der Waals surface area contributed by atoms with Gasteiger partial charge in [0.15, 0.2) is 11.5 Å². The first-order chi connectivity index (χ1) is 15.7. The molecule has 0 heterocycles. The summed E-state index contributed by atoms with van der Waals surface area (Å²) in [7, 11) is -0.783. The van der Waals surface area contributed by atoms with Crippen molar-refractivity contribution in [2.24, 2.45) is 0 Å². The molecule has 1 amide bonds. The van der Waals surface area contributed by atoms with Crippen LogP contribution in [-0.2, 0) is 14.8 Å². The molecule has 0 aliphatic rings. The van der Waals surface area contributed by atoms with Crippen LogP contribution in [0, 0.1) is 6.92 Å². The lowest BCUT2D eigenvalue weighted by Crippen LogP contribution is -2.14. The van der Waals surface area contributed by atoms with Gasteiger partial charge >= 0.3 is 0 Å². The lowest BCUT2D eigenvalue weighted by Gasteiger charge is -2.12. The number of carbonyl (C=O) groups excluding carboxylic acids is 1. The van der Waals surface area contributed by atoms with Crippen molar-refractivity contribution in [2.75, 3.05) is 24.3 Å². The number of hydrogen-bond donors (Lipinski definition) is 2. The zero-order valence-corrected chi connectivity index (χ0v) is 19.8. The van der Waals surface area contributed by atoms with Crippen LogP contribution in [0.2, 0.25) is 5.02 Å². The third-order valence-electron chi connectivity index (χ3n) is 4.71. The summed E-state index contributed by atoms with van der Waals surface area (Å²) in [5.74, 6) is 0.718. The lowest BCUT2D eigenvalue weighted by molar-refractivity contribution is -0.111. The summed E-state index contributed by atoms with van der Waals surface area (Å²) in [5, 5.41) is 3.22. The number of benzene rings is 3. The van der Waals surface area contributed by atoms with Crippen molar-refractivity contribution < 1.29 is 22.7 Å². The Bertz CT molecular complexity index is 1290. The standard InChI is InChI=1S/C24H23ClN2O5S/c1-16-4-11-20(33(29,30)27-19-9-7-18(25)8-10-19)15-21(16)26-24(28)13-6-17-5-12-22(31-2)23(14-17)32-3/h4-15,27H,1-3H3,(H,26,28). The summed E-state index contributed by atoms with van der Waals surface area (Å²) in [5.41, 5.74) is 2.22. The minimum atomic E-state index is -3.86. The topological polar surface area (TPSA) is 93.7 Å². The summed E-state index contributed by atoms with van der Waals surface area (Å²) in [6.07, 6.45) is 2.98. The zero-order chi connectivity index (χ0) is 24.0. The van der Waals surface area contributed by atoms with E-state index in [-0.39, 0.29) is 4.90 Å². The molecular weight excluding hydrogens is 464 g/mol. The monoisotopic (exact) mass is 486 g/mol. The molecule has 0 unspecified atom stereocenters. The molecule has 0 aliphatic heterocycles. The fraction of sp³-hybridized carbons (Fsp3) is 0.125. The quantitative estimate of drug-likeness (QED) is 0.431. The fourth-order valence-electron chi connectivity index (χ4n) is 2.94. The molecule has 0 radical (unpaired) electrons. The van der Waals surface area contributed by atoms with Crippen LogP contribution in [0.3, 0.4) is 0 Å². The Morgan fingerprint density at radius 1 is 0.939 bits per heavy atom. The predicted molar refractivity (Wildman–Crippen MR) is 131 cm³/mol. The van der Waals surface area contributed by atoms with Gasteiger partial charge in [-0.2, -0.15) is 0 Å². The number of aryl methyl sites for hydroxylation is 1. The van der Waals surface area contributed by atoms with Crippen LogP contribution in [0.25, 0.3) is 6.08 Å². The minimum absolute atomic E-state index is 0.0159. The maximum Gasteiger partial charge on any atom is 0.261 e. The smallest absolute Gasteiger partial charge is 0.261 e. The summed E-state index contributed by atoms with van der Waals surface area (Å²) in [6.45, 7) is 1.77. The largest absolute Gasteiger partial charge is 0.493 e. The fourth-order valence-corrected chi connectivity index (χ4v) is 4.15. The van der Waals surface area contributed by atoms with Crippen LogP contribution >= 0.6 is 11.6 Å². The molecule has 0 spiro atoms. The molecule has 3 aromatic rings. The Kier molecular flexibility index (Phi) is 7.63. The first-order valence-electron chi connectivity index (χ1n) is 9.82. The van der Waals surface area contributed by atoms with Gasteiger partial charge in [-0.15, -0.1) is 0 Å². The highest BCUT2D eigenvalue weighted by atomic mass is 35.5. The molecule has 0 atom stereocenters. The minimum Gasteiger partial charge on any atom is -0.493 e. The van der Waals surface area contributed by atoms with E-state index in [1.807, 2.05) is 0 Å². The van der Waals surface area contributed by atoms with Crippen molar-refractivity contribution in [2.45, 2.75) is 11.8 Å². The van der Waals surface area contributed by atoms with Crippen molar-refractivity contribution in [3.05, 3.63) is 82.9 Å². The number of amides is 1. The van der Waals surface area contributed by atoms with E-state index in [1.165, 1.54) is 25.3 Å². The maximum absolute atomic E-state index is 12.8. The molecule has 9 heteroatoms. The molecule has 0 bridgehead atoms. The van der Waals surface area contributed by atoms with Gasteiger partial charge < -0.3 is 14.8 Å². The van der Waals surface area contributed by atoms with Gasteiger partial charge in [-0.1, -0.05) is 23.7 Å². The van der Waals surface area contributed by atoms with Gasteiger partial charge in [-0.05, 0) is 72.7 Å². The van der Waals surface area contributed by atoms with Crippen molar-refractivity contribution in [1.29, 1.82) is 0 Å². The Balaban J connectivity index is 1.76. The second kappa shape index (κ2) is 10.4. The van der Waals surface area contributed by atoms with E-state index in [0.29, 0.717) is 33.5 Å². The molecule has 0 fully saturated rings. The van der Waals surface area contributed by atoms with E-state index in [2.05, 4.69) is 10.0 Å². The number of nitrogens with one attached hydrogen (secondary N) is 2. The third kappa shape index (κ3) is 6.27. The highest BCUT2D eigenvalue weighted by Gasteiger charge is 2.16. The number of hydrogen-bond acceptors (Lipinski definition) is 5. The molecule has 0 saturated carbocycles. The molecule has 172 valence electrons. The van der Waals surface area contributed by atoms with E-state index in [4.69, 9.17) is 21.1 Å². The second-order valence-corrected chi connectivity index (χ2v) is 9.14. The summed E-state index contributed by atoms with van der Waals surface area (Å²) in [4.78, 5) is 12.5. The van der Waals surface area contributed by atoms with Crippen LogP contribution < -0.4 is 19.5 Å². The second-order valence-electron chi connectivity index (χ2n) is 7.03. The van der Waals surface area contributed by atoms with E-state index in [9.17, 15) is 13.2 Å². The third-order valence-corrected chi connectivity index (χ3v) is 6.34. The van der Waals surface area contributed by atoms with Crippen LogP contribution in [0.15, 0.2) is 71.6 Å². The van der Waals surface area contributed by atoms with Gasteiger partial charge in [0.2, 0.25) is 5.91 Å². The van der Waals surface area contributed by atoms with Gasteiger partial charge in [-0.3, -0.25) is 9.52 Å². The lowest BCUT2D eigenvalue weighted by atomic mass is 10.1. The first-order valence-corrected chi connectivity index (χ1v) is 11.7. The molecule has 3 aromatic carbocycles. The van der Waals surface area contributed by atoms with Crippen LogP contribution in [0.5, 0.6) is 11.5 Å². The normalized spacial score (nSPS) is 11.3. The highest BCUT2D eigenvalue weighted by Crippen LogP contribution is 2.28. The van der Waals surface area contributed by atoms with E-state index in [0.717, 1.165) is 5.56 Å². The van der Waals surface area contributed by atoms with Gasteiger partial charge in [0, 0.05) is 22.5 Å². The van der Waals surface area contributed by atoms with Crippen molar-refractivity contribution in [3.8, 4) is 11.5 Å². The number of sulfonamides is 1. The van der Waals surface area contributed by atoms with Crippen molar-refractivity contribution in [3.63, 3.8) is 0 Å².